The lowest BCUT2D eigenvalue weighted by Crippen LogP contribution is -2.38. The van der Waals surface area contributed by atoms with Gasteiger partial charge in [0.2, 0.25) is 10.0 Å². The normalized spacial score (nSPS) is 22.1. The molecule has 1 N–H and O–H groups in total. The topological polar surface area (TPSA) is 62.3 Å². The summed E-state index contributed by atoms with van der Waals surface area (Å²) in [6.07, 6.45) is 3.80. The second-order valence-corrected chi connectivity index (χ2v) is 7.13. The summed E-state index contributed by atoms with van der Waals surface area (Å²) in [5.41, 5.74) is 0. The molecule has 1 saturated heterocycles. The molecule has 1 aromatic heterocycles. The van der Waals surface area contributed by atoms with E-state index in [1.54, 1.807) is 17.5 Å². The lowest BCUT2D eigenvalue weighted by atomic mass is 10.2. The maximum Gasteiger partial charge on any atom is 0.212 e. The molecule has 0 saturated carbocycles. The summed E-state index contributed by atoms with van der Waals surface area (Å²) in [5.74, 6) is 0.189. The van der Waals surface area contributed by atoms with Crippen molar-refractivity contribution in [3.8, 4) is 0 Å². The van der Waals surface area contributed by atoms with Gasteiger partial charge < -0.3 is 0 Å². The van der Waals surface area contributed by atoms with Crippen molar-refractivity contribution in [3.05, 3.63) is 16.6 Å². The Labute approximate surface area is 106 Å². The average Bonchev–Trinajstić information content (AvgIpc) is 2.92. The fourth-order valence-corrected chi connectivity index (χ4v) is 3.83. The van der Waals surface area contributed by atoms with Gasteiger partial charge in [-0.2, -0.15) is 0 Å². The fraction of sp³-hybridized carbons (Fsp3) is 0.700. The molecule has 0 radical (unpaired) electrons. The van der Waals surface area contributed by atoms with Gasteiger partial charge in [0, 0.05) is 17.6 Å². The molecular formula is C10H17N3O2S2. The van der Waals surface area contributed by atoms with E-state index >= 15 is 0 Å². The van der Waals surface area contributed by atoms with Crippen molar-refractivity contribution < 1.29 is 8.42 Å². The predicted octanol–water partition coefficient (Wildman–Crippen LogP) is 0.657. The molecule has 0 bridgehead atoms. The van der Waals surface area contributed by atoms with Gasteiger partial charge in [0.25, 0.3) is 0 Å². The zero-order valence-corrected chi connectivity index (χ0v) is 11.4. The summed E-state index contributed by atoms with van der Waals surface area (Å²) in [4.78, 5) is 6.46. The number of hydrogen-bond donors (Lipinski definition) is 1. The monoisotopic (exact) mass is 275 g/mol. The summed E-state index contributed by atoms with van der Waals surface area (Å²) in [7, 11) is -1.66. The molecule has 5 nitrogen and oxygen atoms in total. The second kappa shape index (κ2) is 5.43. The summed E-state index contributed by atoms with van der Waals surface area (Å²) < 4.78 is 25.5. The standard InChI is InChI=1S/C10H17N3O2S2/c1-11-17(14,15)8-9-3-2-5-13(9)7-10-12-4-6-16-10/h4,6,9,11H,2-3,5,7-8H2,1H3. The van der Waals surface area contributed by atoms with Crippen LogP contribution in [0.4, 0.5) is 0 Å². The van der Waals surface area contributed by atoms with Gasteiger partial charge in [-0.05, 0) is 26.4 Å². The number of likely N-dealkylation sites (tertiary alicyclic amines) is 1. The van der Waals surface area contributed by atoms with E-state index in [1.165, 1.54) is 7.05 Å². The van der Waals surface area contributed by atoms with Gasteiger partial charge in [0.1, 0.15) is 5.01 Å². The van der Waals surface area contributed by atoms with E-state index in [1.807, 2.05) is 5.38 Å². The van der Waals surface area contributed by atoms with Gasteiger partial charge in [-0.3, -0.25) is 4.90 Å². The van der Waals surface area contributed by atoms with Gasteiger partial charge >= 0.3 is 0 Å². The first kappa shape index (κ1) is 12.9. The lowest BCUT2D eigenvalue weighted by Gasteiger charge is -2.22. The molecule has 0 amide bonds. The smallest absolute Gasteiger partial charge is 0.212 e. The van der Waals surface area contributed by atoms with Gasteiger partial charge in [0.15, 0.2) is 0 Å². The highest BCUT2D eigenvalue weighted by atomic mass is 32.2. The van der Waals surface area contributed by atoms with Crippen LogP contribution in [0.1, 0.15) is 17.8 Å². The third kappa shape index (κ3) is 3.48. The highest BCUT2D eigenvalue weighted by Gasteiger charge is 2.28. The van der Waals surface area contributed by atoms with Crippen LogP contribution < -0.4 is 4.72 Å². The van der Waals surface area contributed by atoms with Crippen molar-refractivity contribution in [3.63, 3.8) is 0 Å². The number of aromatic nitrogens is 1. The quantitative estimate of drug-likeness (QED) is 0.857. The van der Waals surface area contributed by atoms with E-state index in [0.717, 1.165) is 30.9 Å². The first-order chi connectivity index (χ1) is 8.11. The molecule has 0 aromatic carbocycles. The molecule has 1 aliphatic rings. The summed E-state index contributed by atoms with van der Waals surface area (Å²) in [5, 5.41) is 3.00. The maximum atomic E-state index is 11.6. The van der Waals surface area contributed by atoms with Gasteiger partial charge in [-0.1, -0.05) is 0 Å². The van der Waals surface area contributed by atoms with Crippen LogP contribution in [-0.4, -0.2) is 43.7 Å². The van der Waals surface area contributed by atoms with Crippen LogP contribution in [0.15, 0.2) is 11.6 Å². The van der Waals surface area contributed by atoms with Crippen LogP contribution in [-0.2, 0) is 16.6 Å². The Balaban J connectivity index is 1.98. The van der Waals surface area contributed by atoms with Gasteiger partial charge in [-0.15, -0.1) is 11.3 Å². The summed E-state index contributed by atoms with van der Waals surface area (Å²) in [6, 6.07) is 0.122. The van der Waals surface area contributed by atoms with Crippen LogP contribution in [0, 0.1) is 0 Å². The van der Waals surface area contributed by atoms with Crippen molar-refractivity contribution in [2.45, 2.75) is 25.4 Å². The zero-order chi connectivity index (χ0) is 12.3. The van der Waals surface area contributed by atoms with Crippen molar-refractivity contribution in [2.24, 2.45) is 0 Å². The molecule has 1 aromatic rings. The van der Waals surface area contributed by atoms with E-state index in [0.29, 0.717) is 0 Å². The number of rotatable bonds is 5. The van der Waals surface area contributed by atoms with Gasteiger partial charge in [-0.25, -0.2) is 18.1 Å². The zero-order valence-electron chi connectivity index (χ0n) is 9.80. The molecule has 1 atom stereocenters. The highest BCUT2D eigenvalue weighted by molar-refractivity contribution is 7.89. The number of thiazole rings is 1. The third-order valence-electron chi connectivity index (χ3n) is 3.04. The number of nitrogens with zero attached hydrogens (tertiary/aromatic N) is 2. The van der Waals surface area contributed by atoms with Crippen LogP contribution in [0.2, 0.25) is 0 Å². The molecule has 17 heavy (non-hydrogen) atoms. The fourth-order valence-electron chi connectivity index (χ4n) is 2.13. The maximum absolute atomic E-state index is 11.6. The Kier molecular flexibility index (Phi) is 4.13. The van der Waals surface area contributed by atoms with Crippen molar-refractivity contribution >= 4 is 21.4 Å². The largest absolute Gasteiger partial charge is 0.293 e. The SMILES string of the molecule is CNS(=O)(=O)CC1CCCN1Cc1nccs1. The van der Waals surface area contributed by atoms with E-state index < -0.39 is 10.0 Å². The number of nitrogens with one attached hydrogen (secondary N) is 1. The van der Waals surface area contributed by atoms with E-state index in [2.05, 4.69) is 14.6 Å². The van der Waals surface area contributed by atoms with Crippen molar-refractivity contribution in [1.29, 1.82) is 0 Å². The van der Waals surface area contributed by atoms with Crippen LogP contribution in [0.5, 0.6) is 0 Å². The minimum Gasteiger partial charge on any atom is -0.293 e. The minimum atomic E-state index is -3.12. The van der Waals surface area contributed by atoms with E-state index in [4.69, 9.17) is 0 Å². The number of sulfonamides is 1. The third-order valence-corrected chi connectivity index (χ3v) is 5.25. The molecule has 96 valence electrons. The lowest BCUT2D eigenvalue weighted by molar-refractivity contribution is 0.261. The Bertz CT molecular complexity index is 444. The van der Waals surface area contributed by atoms with E-state index in [-0.39, 0.29) is 11.8 Å². The summed E-state index contributed by atoms with van der Waals surface area (Å²) in [6.45, 7) is 1.73. The molecule has 7 heteroatoms. The molecule has 0 aliphatic carbocycles. The minimum absolute atomic E-state index is 0.122. The predicted molar refractivity (Wildman–Crippen MR) is 68.4 cm³/mol. The van der Waals surface area contributed by atoms with Crippen LogP contribution >= 0.6 is 11.3 Å². The molecular weight excluding hydrogens is 258 g/mol. The first-order valence-electron chi connectivity index (χ1n) is 5.64. The van der Waals surface area contributed by atoms with Crippen molar-refractivity contribution in [1.82, 2.24) is 14.6 Å². The molecule has 0 spiro atoms. The average molecular weight is 275 g/mol. The number of hydrogen-bond acceptors (Lipinski definition) is 5. The molecule has 1 unspecified atom stereocenters. The Hall–Kier alpha value is -0.500. The first-order valence-corrected chi connectivity index (χ1v) is 8.17. The van der Waals surface area contributed by atoms with E-state index in [9.17, 15) is 8.42 Å². The Morgan fingerprint density at radius 1 is 1.65 bits per heavy atom. The molecule has 2 heterocycles. The Morgan fingerprint density at radius 2 is 2.47 bits per heavy atom. The highest BCUT2D eigenvalue weighted by Crippen LogP contribution is 2.21. The van der Waals surface area contributed by atoms with Crippen molar-refractivity contribution in [2.75, 3.05) is 19.3 Å². The molecule has 1 aliphatic heterocycles. The van der Waals surface area contributed by atoms with Crippen LogP contribution in [0.3, 0.4) is 0 Å². The summed E-state index contributed by atoms with van der Waals surface area (Å²) >= 11 is 1.62. The van der Waals surface area contributed by atoms with Gasteiger partial charge in [0.05, 0.1) is 12.3 Å². The van der Waals surface area contributed by atoms with Crippen LogP contribution in [0.25, 0.3) is 0 Å². The molecule has 1 fully saturated rings. The Morgan fingerprint density at radius 3 is 3.12 bits per heavy atom. The second-order valence-electron chi connectivity index (χ2n) is 4.18. The molecule has 2 rings (SSSR count).